The average molecular weight is 354 g/mol. The van der Waals surface area contributed by atoms with Crippen molar-refractivity contribution >= 4 is 5.96 Å². The van der Waals surface area contributed by atoms with E-state index >= 15 is 0 Å². The van der Waals surface area contributed by atoms with Gasteiger partial charge in [0, 0.05) is 51.9 Å². The summed E-state index contributed by atoms with van der Waals surface area (Å²) < 4.78 is 0. The van der Waals surface area contributed by atoms with Gasteiger partial charge in [0.25, 0.3) is 0 Å². The molecule has 5 heteroatoms. The van der Waals surface area contributed by atoms with Gasteiger partial charge >= 0.3 is 0 Å². The molecule has 0 bridgehead atoms. The first-order valence-corrected chi connectivity index (χ1v) is 10.2. The number of nitrogens with zero attached hydrogens (tertiary/aromatic N) is 3. The first-order valence-electron chi connectivity index (χ1n) is 10.2. The molecule has 1 aliphatic rings. The fourth-order valence-electron chi connectivity index (χ4n) is 3.05. The molecule has 0 amide bonds. The van der Waals surface area contributed by atoms with Crippen LogP contribution in [0.25, 0.3) is 0 Å². The van der Waals surface area contributed by atoms with E-state index < -0.39 is 0 Å². The number of guanidine groups is 1. The van der Waals surface area contributed by atoms with Crippen LogP contribution in [0.4, 0.5) is 0 Å². The molecule has 0 saturated carbocycles. The van der Waals surface area contributed by atoms with Crippen molar-refractivity contribution in [2.75, 3.05) is 52.9 Å². The number of aliphatic imine (C=N–C) groups is 1. The van der Waals surface area contributed by atoms with Crippen LogP contribution < -0.4 is 10.6 Å². The maximum absolute atomic E-state index is 4.84. The summed E-state index contributed by atoms with van der Waals surface area (Å²) >= 11 is 0. The number of likely N-dealkylation sites (N-methyl/N-ethyl adjacent to an activating group) is 1. The monoisotopic (exact) mass is 353 g/mol. The van der Waals surface area contributed by atoms with Crippen LogP contribution in [-0.2, 0) is 0 Å². The summed E-state index contributed by atoms with van der Waals surface area (Å²) in [5, 5.41) is 6.97. The minimum absolute atomic E-state index is 0.391. The van der Waals surface area contributed by atoms with Gasteiger partial charge in [0.05, 0.1) is 0 Å². The maximum Gasteiger partial charge on any atom is 0.191 e. The predicted octanol–water partition coefficient (Wildman–Crippen LogP) is 2.64. The largest absolute Gasteiger partial charge is 0.357 e. The van der Waals surface area contributed by atoms with E-state index in [1.165, 1.54) is 39.0 Å². The lowest BCUT2D eigenvalue weighted by Crippen LogP contribution is -2.46. The SMILES string of the molecule is CCNC(=NCC(C)CN1CCN(C)CC1)NC(C)CCC(C)(C)C. The van der Waals surface area contributed by atoms with Crippen molar-refractivity contribution in [3.05, 3.63) is 0 Å². The van der Waals surface area contributed by atoms with Gasteiger partial charge in [-0.1, -0.05) is 27.7 Å². The van der Waals surface area contributed by atoms with Crippen LogP contribution in [0.2, 0.25) is 0 Å². The predicted molar refractivity (Wildman–Crippen MR) is 110 cm³/mol. The molecule has 2 unspecified atom stereocenters. The van der Waals surface area contributed by atoms with E-state index in [4.69, 9.17) is 4.99 Å². The van der Waals surface area contributed by atoms with E-state index in [-0.39, 0.29) is 0 Å². The van der Waals surface area contributed by atoms with E-state index in [1.807, 2.05) is 0 Å². The molecule has 0 radical (unpaired) electrons. The van der Waals surface area contributed by atoms with Gasteiger partial charge in [0.15, 0.2) is 5.96 Å². The molecule has 0 aromatic heterocycles. The van der Waals surface area contributed by atoms with Gasteiger partial charge in [-0.2, -0.15) is 0 Å². The summed E-state index contributed by atoms with van der Waals surface area (Å²) in [6.07, 6.45) is 2.39. The van der Waals surface area contributed by atoms with E-state index in [9.17, 15) is 0 Å². The minimum Gasteiger partial charge on any atom is -0.357 e. The molecule has 1 rings (SSSR count). The van der Waals surface area contributed by atoms with Crippen LogP contribution >= 0.6 is 0 Å². The van der Waals surface area contributed by atoms with Crippen molar-refractivity contribution in [3.8, 4) is 0 Å². The smallest absolute Gasteiger partial charge is 0.191 e. The number of nitrogens with one attached hydrogen (secondary N) is 2. The van der Waals surface area contributed by atoms with Crippen LogP contribution in [0, 0.1) is 11.3 Å². The number of rotatable bonds is 8. The standard InChI is InChI=1S/C20H43N5/c1-8-21-19(23-18(3)9-10-20(4,5)6)22-15-17(2)16-25-13-11-24(7)12-14-25/h17-18H,8-16H2,1-7H3,(H2,21,22,23). The molecule has 148 valence electrons. The second kappa shape index (κ2) is 11.0. The number of hydrogen-bond donors (Lipinski definition) is 2. The molecular weight excluding hydrogens is 310 g/mol. The lowest BCUT2D eigenvalue weighted by Gasteiger charge is -2.33. The molecule has 0 aromatic carbocycles. The van der Waals surface area contributed by atoms with E-state index in [0.29, 0.717) is 17.4 Å². The topological polar surface area (TPSA) is 42.9 Å². The molecule has 1 fully saturated rings. The zero-order chi connectivity index (χ0) is 18.9. The Balaban J connectivity index is 2.40. The van der Waals surface area contributed by atoms with Crippen LogP contribution in [0.15, 0.2) is 4.99 Å². The number of hydrogen-bond acceptors (Lipinski definition) is 3. The van der Waals surface area contributed by atoms with Crippen molar-refractivity contribution in [1.29, 1.82) is 0 Å². The van der Waals surface area contributed by atoms with E-state index in [2.05, 4.69) is 69.0 Å². The third-order valence-corrected chi connectivity index (χ3v) is 4.78. The summed E-state index contributed by atoms with van der Waals surface area (Å²) in [5.74, 6) is 1.55. The highest BCUT2D eigenvalue weighted by Gasteiger charge is 2.16. The summed E-state index contributed by atoms with van der Waals surface area (Å²) in [7, 11) is 2.21. The molecule has 1 heterocycles. The molecule has 1 aliphatic heterocycles. The Morgan fingerprint density at radius 3 is 2.32 bits per heavy atom. The quantitative estimate of drug-likeness (QED) is 0.520. The Kier molecular flexibility index (Phi) is 9.80. The molecule has 1 saturated heterocycles. The van der Waals surface area contributed by atoms with Gasteiger partial charge in [-0.3, -0.25) is 4.99 Å². The van der Waals surface area contributed by atoms with Crippen LogP contribution in [0.1, 0.15) is 54.4 Å². The lowest BCUT2D eigenvalue weighted by atomic mass is 9.89. The molecular formula is C20H43N5. The first kappa shape index (κ1) is 22.2. The van der Waals surface area contributed by atoms with Crippen molar-refractivity contribution in [2.45, 2.75) is 60.4 Å². The lowest BCUT2D eigenvalue weighted by molar-refractivity contribution is 0.140. The van der Waals surface area contributed by atoms with Crippen LogP contribution in [-0.4, -0.2) is 74.7 Å². The molecule has 2 N–H and O–H groups in total. The highest BCUT2D eigenvalue weighted by molar-refractivity contribution is 5.80. The highest BCUT2D eigenvalue weighted by Crippen LogP contribution is 2.21. The summed E-state index contributed by atoms with van der Waals surface area (Å²) in [6, 6.07) is 0.449. The summed E-state index contributed by atoms with van der Waals surface area (Å²) in [5.41, 5.74) is 0.391. The van der Waals surface area contributed by atoms with Crippen LogP contribution in [0.3, 0.4) is 0 Å². The Morgan fingerprint density at radius 2 is 1.76 bits per heavy atom. The summed E-state index contributed by atoms with van der Waals surface area (Å²) in [4.78, 5) is 9.82. The second-order valence-electron chi connectivity index (χ2n) is 9.07. The Hall–Kier alpha value is -0.810. The van der Waals surface area contributed by atoms with Gasteiger partial charge < -0.3 is 20.4 Å². The Morgan fingerprint density at radius 1 is 1.12 bits per heavy atom. The first-order chi connectivity index (χ1) is 11.7. The van der Waals surface area contributed by atoms with Gasteiger partial charge in [-0.15, -0.1) is 0 Å². The minimum atomic E-state index is 0.391. The maximum atomic E-state index is 4.84. The number of piperazine rings is 1. The third-order valence-electron chi connectivity index (χ3n) is 4.78. The highest BCUT2D eigenvalue weighted by atomic mass is 15.2. The van der Waals surface area contributed by atoms with Crippen LogP contribution in [0.5, 0.6) is 0 Å². The molecule has 0 spiro atoms. The normalized spacial score (nSPS) is 20.4. The van der Waals surface area contributed by atoms with Crippen molar-refractivity contribution in [1.82, 2.24) is 20.4 Å². The zero-order valence-electron chi connectivity index (χ0n) is 17.9. The second-order valence-corrected chi connectivity index (χ2v) is 9.07. The molecule has 2 atom stereocenters. The average Bonchev–Trinajstić information content (AvgIpc) is 2.52. The molecule has 0 aliphatic carbocycles. The zero-order valence-corrected chi connectivity index (χ0v) is 17.9. The van der Waals surface area contributed by atoms with E-state index in [1.54, 1.807) is 0 Å². The third kappa shape index (κ3) is 10.7. The van der Waals surface area contributed by atoms with E-state index in [0.717, 1.165) is 25.6 Å². The summed E-state index contributed by atoms with van der Waals surface area (Å²) in [6.45, 7) is 21.3. The van der Waals surface area contributed by atoms with Gasteiger partial charge in [-0.05, 0) is 45.1 Å². The molecule has 5 nitrogen and oxygen atoms in total. The fraction of sp³-hybridized carbons (Fsp3) is 0.950. The van der Waals surface area contributed by atoms with Gasteiger partial charge in [0.1, 0.15) is 0 Å². The van der Waals surface area contributed by atoms with Crippen molar-refractivity contribution < 1.29 is 0 Å². The van der Waals surface area contributed by atoms with Crippen molar-refractivity contribution in [3.63, 3.8) is 0 Å². The molecule has 25 heavy (non-hydrogen) atoms. The fourth-order valence-corrected chi connectivity index (χ4v) is 3.05. The Labute approximate surface area is 156 Å². The molecule has 0 aromatic rings. The van der Waals surface area contributed by atoms with Crippen molar-refractivity contribution in [2.24, 2.45) is 16.3 Å². The van der Waals surface area contributed by atoms with Gasteiger partial charge in [0.2, 0.25) is 0 Å². The van der Waals surface area contributed by atoms with Gasteiger partial charge in [-0.25, -0.2) is 0 Å². The Bertz CT molecular complexity index is 380.